The first kappa shape index (κ1) is 5.29. The lowest BCUT2D eigenvalue weighted by molar-refractivity contribution is -1.09. The average molecular weight is 96.1 g/mol. The van der Waals surface area contributed by atoms with E-state index >= 15 is 0 Å². The summed E-state index contributed by atoms with van der Waals surface area (Å²) in [5.41, 5.74) is 4.23. The van der Waals surface area contributed by atoms with Crippen LogP contribution in [0.25, 0.3) is 0 Å². The Morgan fingerprint density at radius 1 is 1.67 bits per heavy atom. The summed E-state index contributed by atoms with van der Waals surface area (Å²) in [6, 6.07) is 0. The van der Waals surface area contributed by atoms with Gasteiger partial charge >= 0.3 is 5.96 Å². The molecule has 6 heavy (non-hydrogen) atoms. The lowest BCUT2D eigenvalue weighted by atomic mass is 11.1. The number of nitrogens with one attached hydrogen (secondary N) is 2. The van der Waals surface area contributed by atoms with Crippen LogP contribution >= 0.6 is 0 Å². The van der Waals surface area contributed by atoms with Crippen LogP contribution in [0.2, 0.25) is 0 Å². The second kappa shape index (κ2) is 1.66. The molecule has 5 heteroatoms. The molecular formula is CH4F2N3+. The minimum Gasteiger partial charge on any atom is -0.332 e. The average Bonchev–Trinajstić information content (AvgIpc) is 1.36. The number of quaternary nitrogens is 1. The molecule has 0 aliphatic carbocycles. The van der Waals surface area contributed by atoms with Crippen LogP contribution in [0, 0.1) is 5.41 Å². The van der Waals surface area contributed by atoms with Gasteiger partial charge in [-0.3, -0.25) is 0 Å². The summed E-state index contributed by atoms with van der Waals surface area (Å²) in [6.07, 6.45) is 0. The van der Waals surface area contributed by atoms with Crippen molar-refractivity contribution >= 4 is 5.96 Å². The molecule has 0 rings (SSSR count). The topological polar surface area (TPSA) is 54.3 Å². The van der Waals surface area contributed by atoms with E-state index in [0.717, 1.165) is 0 Å². The van der Waals surface area contributed by atoms with Crippen molar-refractivity contribution in [2.75, 3.05) is 0 Å². The molecule has 0 bridgehead atoms. The van der Waals surface area contributed by atoms with Crippen molar-refractivity contribution in [3.05, 3.63) is 0 Å². The summed E-state index contributed by atoms with van der Waals surface area (Å²) in [4.78, 5) is 0. The first-order chi connectivity index (χ1) is 2.64. The Balaban J connectivity index is 3.26. The van der Waals surface area contributed by atoms with Gasteiger partial charge in [0.05, 0.1) is 0 Å². The summed E-state index contributed by atoms with van der Waals surface area (Å²) >= 11 is 0. The molecule has 0 fully saturated rings. The summed E-state index contributed by atoms with van der Waals surface area (Å²) in [5, 5.41) is 3.81. The van der Waals surface area contributed by atoms with Crippen LogP contribution in [0.4, 0.5) is 8.96 Å². The molecular weight excluding hydrogens is 92.0 g/mol. The third-order valence-corrected chi connectivity index (χ3v) is 0.204. The van der Waals surface area contributed by atoms with Crippen molar-refractivity contribution in [3.8, 4) is 0 Å². The zero-order chi connectivity index (χ0) is 5.15. The van der Waals surface area contributed by atoms with E-state index in [1.165, 1.54) is 0 Å². The molecule has 0 saturated heterocycles. The van der Waals surface area contributed by atoms with Crippen LogP contribution in [0.1, 0.15) is 0 Å². The molecule has 0 atom stereocenters. The molecule has 0 aliphatic heterocycles. The van der Waals surface area contributed by atoms with Gasteiger partial charge in [0.2, 0.25) is 0 Å². The molecule has 0 aliphatic rings. The summed E-state index contributed by atoms with van der Waals surface area (Å²) in [5.74, 6) is -1.16. The lowest BCUT2D eigenvalue weighted by Gasteiger charge is -1.81. The number of rotatable bonds is 0. The van der Waals surface area contributed by atoms with Crippen molar-refractivity contribution < 1.29 is 14.3 Å². The number of hydrogen-bond donors (Lipinski definition) is 3. The minimum atomic E-state index is -2.13. The first-order valence-electron chi connectivity index (χ1n) is 1.17. The Hall–Kier alpha value is -0.710. The molecule has 0 amide bonds. The highest BCUT2D eigenvalue weighted by molar-refractivity contribution is 5.63. The fourth-order valence-corrected chi connectivity index (χ4v) is 0. The smallest absolute Gasteiger partial charge is 0.332 e. The zero-order valence-corrected chi connectivity index (χ0v) is 2.83. The minimum absolute atomic E-state index is 1.16. The van der Waals surface area contributed by atoms with E-state index in [9.17, 15) is 8.96 Å². The Labute approximate surface area is 32.7 Å². The Morgan fingerprint density at radius 2 is 1.83 bits per heavy atom. The molecule has 0 saturated carbocycles. The van der Waals surface area contributed by atoms with Crippen LogP contribution in [-0.2, 0) is 0 Å². The van der Waals surface area contributed by atoms with Gasteiger partial charge in [0.15, 0.2) is 0 Å². The van der Waals surface area contributed by atoms with E-state index in [0.29, 0.717) is 0 Å². The van der Waals surface area contributed by atoms with Gasteiger partial charge in [-0.05, 0) is 0 Å². The van der Waals surface area contributed by atoms with Crippen molar-refractivity contribution in [2.24, 2.45) is 5.73 Å². The van der Waals surface area contributed by atoms with E-state index in [1.54, 1.807) is 0 Å². The van der Waals surface area contributed by atoms with Gasteiger partial charge in [0, 0.05) is 8.96 Å². The molecule has 3 nitrogen and oxygen atoms in total. The second-order valence-electron chi connectivity index (χ2n) is 0.674. The number of nitrogens with two attached hydrogens (primary N) is 1. The van der Waals surface area contributed by atoms with E-state index in [2.05, 4.69) is 5.73 Å². The van der Waals surface area contributed by atoms with Crippen LogP contribution in [-0.4, -0.2) is 5.96 Å². The molecule has 0 aromatic rings. The van der Waals surface area contributed by atoms with Gasteiger partial charge in [0.25, 0.3) is 0 Å². The van der Waals surface area contributed by atoms with Gasteiger partial charge in [-0.1, -0.05) is 0 Å². The van der Waals surface area contributed by atoms with Crippen LogP contribution in [0.15, 0.2) is 0 Å². The molecule has 0 aromatic carbocycles. The monoisotopic (exact) mass is 96.0 g/mol. The van der Waals surface area contributed by atoms with Gasteiger partial charge in [-0.15, -0.1) is 0 Å². The third kappa shape index (κ3) is 1.59. The summed E-state index contributed by atoms with van der Waals surface area (Å²) < 4.78 is 21.4. The molecule has 0 aromatic heterocycles. The highest BCUT2D eigenvalue weighted by Gasteiger charge is 2.06. The van der Waals surface area contributed by atoms with Crippen LogP contribution < -0.4 is 11.1 Å². The molecule has 0 spiro atoms. The summed E-state index contributed by atoms with van der Waals surface area (Å²) in [6.45, 7) is 0. The quantitative estimate of drug-likeness (QED) is 0.192. The normalized spacial score (nSPS) is 9.17. The maximum atomic E-state index is 10.7. The van der Waals surface area contributed by atoms with E-state index in [1.807, 2.05) is 0 Å². The summed E-state index contributed by atoms with van der Waals surface area (Å²) in [7, 11) is 0. The number of hydrogen-bond acceptors (Lipinski definition) is 1. The van der Waals surface area contributed by atoms with Crippen LogP contribution in [0.3, 0.4) is 0 Å². The fourth-order valence-electron chi connectivity index (χ4n) is 0. The molecule has 0 heterocycles. The third-order valence-electron chi connectivity index (χ3n) is 0.204. The molecule has 0 radical (unpaired) electrons. The first-order valence-corrected chi connectivity index (χ1v) is 1.17. The van der Waals surface area contributed by atoms with Crippen molar-refractivity contribution in [1.29, 1.82) is 5.41 Å². The fraction of sp³-hybridized carbons (Fsp3) is 0. The van der Waals surface area contributed by atoms with E-state index < -0.39 is 11.3 Å². The van der Waals surface area contributed by atoms with E-state index in [-0.39, 0.29) is 0 Å². The van der Waals surface area contributed by atoms with Crippen molar-refractivity contribution in [3.63, 3.8) is 0 Å². The van der Waals surface area contributed by atoms with Crippen molar-refractivity contribution in [1.82, 2.24) is 0 Å². The van der Waals surface area contributed by atoms with Gasteiger partial charge in [-0.2, -0.15) is 0 Å². The molecule has 4 N–H and O–H groups in total. The standard InChI is InChI=1S/CH3F2N3/c2-6(3)1(4)5/h(H3,4,5)/p+1. The Morgan fingerprint density at radius 3 is 1.83 bits per heavy atom. The Bertz CT molecular complexity index is 59.8. The van der Waals surface area contributed by atoms with E-state index in [4.69, 9.17) is 5.41 Å². The largest absolute Gasteiger partial charge is 0.370 e. The maximum absolute atomic E-state index is 10.7. The number of guanidine groups is 1. The molecule has 0 unspecified atom stereocenters. The predicted octanol–water partition coefficient (Wildman–Crippen LogP) is -1.47. The highest BCUT2D eigenvalue weighted by Crippen LogP contribution is 1.37. The Kier molecular flexibility index (Phi) is 1.46. The highest BCUT2D eigenvalue weighted by atomic mass is 19.4. The van der Waals surface area contributed by atoms with Gasteiger partial charge in [-0.25, -0.2) is 5.41 Å². The van der Waals surface area contributed by atoms with Crippen molar-refractivity contribution in [2.45, 2.75) is 0 Å². The van der Waals surface area contributed by atoms with Gasteiger partial charge in [0.1, 0.15) is 5.34 Å². The zero-order valence-electron chi connectivity index (χ0n) is 2.83. The lowest BCUT2D eigenvalue weighted by Crippen LogP contribution is -3.01. The van der Waals surface area contributed by atoms with Gasteiger partial charge < -0.3 is 5.73 Å². The SMILES string of the molecule is N=C(N)[NH+](F)F. The maximum Gasteiger partial charge on any atom is 0.370 e. The molecule has 36 valence electrons. The predicted molar refractivity (Wildman–Crippen MR) is 15.1 cm³/mol. The number of halogens is 2. The second-order valence-corrected chi connectivity index (χ2v) is 0.674. The van der Waals surface area contributed by atoms with Crippen LogP contribution in [0.5, 0.6) is 0 Å².